The van der Waals surface area contributed by atoms with E-state index in [9.17, 15) is 4.79 Å². The van der Waals surface area contributed by atoms with Crippen molar-refractivity contribution < 1.29 is 14.3 Å². The van der Waals surface area contributed by atoms with Gasteiger partial charge in [0, 0.05) is 13.2 Å². The zero-order valence-corrected chi connectivity index (χ0v) is 14.5. The van der Waals surface area contributed by atoms with Gasteiger partial charge in [-0.05, 0) is 62.4 Å². The third-order valence-corrected chi connectivity index (χ3v) is 5.09. The highest BCUT2D eigenvalue weighted by molar-refractivity contribution is 5.78. The van der Waals surface area contributed by atoms with E-state index in [2.05, 4.69) is 22.3 Å². The number of piperidine rings is 1. The molecule has 0 spiro atoms. The molecule has 1 aromatic carbocycles. The zero-order valence-electron chi connectivity index (χ0n) is 14.5. The van der Waals surface area contributed by atoms with Crippen LogP contribution in [0.3, 0.4) is 0 Å². The fraction of sp³-hybridized carbons (Fsp3) is 0.632. The van der Waals surface area contributed by atoms with Crippen LogP contribution in [-0.2, 0) is 9.53 Å². The molecule has 2 fully saturated rings. The molecular formula is C19H28N2O3. The van der Waals surface area contributed by atoms with Gasteiger partial charge in [-0.1, -0.05) is 12.1 Å². The van der Waals surface area contributed by atoms with Gasteiger partial charge in [0.2, 0.25) is 5.91 Å². The molecule has 1 aromatic rings. The van der Waals surface area contributed by atoms with Crippen LogP contribution in [0.5, 0.6) is 5.75 Å². The highest BCUT2D eigenvalue weighted by atomic mass is 16.5. The van der Waals surface area contributed by atoms with E-state index in [4.69, 9.17) is 9.47 Å². The SMILES string of the molecule is COc1ccc(C2CCN(CC(=O)NC[C@@H]3CCCO3)CC2)cc1. The van der Waals surface area contributed by atoms with Crippen LogP contribution in [0.2, 0.25) is 0 Å². The molecule has 1 amide bonds. The number of carbonyl (C=O) groups excluding carboxylic acids is 1. The lowest BCUT2D eigenvalue weighted by atomic mass is 9.89. The summed E-state index contributed by atoms with van der Waals surface area (Å²) in [6.07, 6.45) is 4.60. The van der Waals surface area contributed by atoms with Gasteiger partial charge in [0.25, 0.3) is 0 Å². The number of nitrogens with one attached hydrogen (secondary N) is 1. The predicted molar refractivity (Wildman–Crippen MR) is 93.4 cm³/mol. The molecule has 0 unspecified atom stereocenters. The summed E-state index contributed by atoms with van der Waals surface area (Å²) in [4.78, 5) is 14.3. The Labute approximate surface area is 144 Å². The number of hydrogen-bond donors (Lipinski definition) is 1. The van der Waals surface area contributed by atoms with Gasteiger partial charge < -0.3 is 14.8 Å². The Bertz CT molecular complexity index is 518. The second kappa shape index (κ2) is 8.49. The second-order valence-electron chi connectivity index (χ2n) is 6.76. The Morgan fingerprint density at radius 3 is 2.62 bits per heavy atom. The molecule has 0 aliphatic carbocycles. The average Bonchev–Trinajstić information content (AvgIpc) is 3.14. The molecule has 0 radical (unpaired) electrons. The molecule has 0 bridgehead atoms. The lowest BCUT2D eigenvalue weighted by Crippen LogP contribution is -2.42. The van der Waals surface area contributed by atoms with Crippen molar-refractivity contribution in [1.29, 1.82) is 0 Å². The molecule has 2 saturated heterocycles. The van der Waals surface area contributed by atoms with Crippen LogP contribution in [0.15, 0.2) is 24.3 Å². The topological polar surface area (TPSA) is 50.8 Å². The van der Waals surface area contributed by atoms with Crippen LogP contribution in [-0.4, -0.2) is 56.8 Å². The van der Waals surface area contributed by atoms with Crippen molar-refractivity contribution in [3.63, 3.8) is 0 Å². The van der Waals surface area contributed by atoms with Gasteiger partial charge in [-0.15, -0.1) is 0 Å². The fourth-order valence-electron chi connectivity index (χ4n) is 3.59. The van der Waals surface area contributed by atoms with Crippen LogP contribution in [0.1, 0.15) is 37.2 Å². The standard InChI is InChI=1S/C19H28N2O3/c1-23-17-6-4-15(5-7-17)16-8-10-21(11-9-16)14-19(22)20-13-18-3-2-12-24-18/h4-7,16,18H,2-3,8-14H2,1H3,(H,20,22)/t18-/m0/s1. The van der Waals surface area contributed by atoms with Gasteiger partial charge in [0.05, 0.1) is 19.8 Å². The molecule has 1 N–H and O–H groups in total. The van der Waals surface area contributed by atoms with Gasteiger partial charge in [0.1, 0.15) is 5.75 Å². The lowest BCUT2D eigenvalue weighted by Gasteiger charge is -2.31. The van der Waals surface area contributed by atoms with Gasteiger partial charge in [-0.3, -0.25) is 9.69 Å². The maximum Gasteiger partial charge on any atom is 0.234 e. The third kappa shape index (κ3) is 4.71. The number of likely N-dealkylation sites (tertiary alicyclic amines) is 1. The first-order valence-electron chi connectivity index (χ1n) is 8.99. The van der Waals surface area contributed by atoms with Gasteiger partial charge in [-0.25, -0.2) is 0 Å². The highest BCUT2D eigenvalue weighted by Crippen LogP contribution is 2.29. The Hall–Kier alpha value is -1.59. The van der Waals surface area contributed by atoms with E-state index in [1.807, 2.05) is 12.1 Å². The first-order valence-corrected chi connectivity index (χ1v) is 8.99. The number of rotatable bonds is 6. The fourth-order valence-corrected chi connectivity index (χ4v) is 3.59. The Morgan fingerprint density at radius 1 is 1.25 bits per heavy atom. The first kappa shape index (κ1) is 17.2. The quantitative estimate of drug-likeness (QED) is 0.867. The van der Waals surface area contributed by atoms with Crippen molar-refractivity contribution in [1.82, 2.24) is 10.2 Å². The summed E-state index contributed by atoms with van der Waals surface area (Å²) in [5.41, 5.74) is 1.37. The van der Waals surface area contributed by atoms with Gasteiger partial charge in [0.15, 0.2) is 0 Å². The maximum absolute atomic E-state index is 12.1. The van der Waals surface area contributed by atoms with Crippen LogP contribution >= 0.6 is 0 Å². The van der Waals surface area contributed by atoms with E-state index < -0.39 is 0 Å². The number of amides is 1. The van der Waals surface area contributed by atoms with Crippen LogP contribution in [0, 0.1) is 0 Å². The minimum atomic E-state index is 0.119. The van der Waals surface area contributed by atoms with Crippen LogP contribution < -0.4 is 10.1 Å². The second-order valence-corrected chi connectivity index (χ2v) is 6.76. The van der Waals surface area contributed by atoms with Crippen molar-refractivity contribution in [2.24, 2.45) is 0 Å². The summed E-state index contributed by atoms with van der Waals surface area (Å²) in [7, 11) is 1.69. The van der Waals surface area contributed by atoms with Crippen molar-refractivity contribution in [3.05, 3.63) is 29.8 Å². The molecule has 24 heavy (non-hydrogen) atoms. The number of methoxy groups -OCH3 is 1. The summed E-state index contributed by atoms with van der Waals surface area (Å²) in [5, 5.41) is 3.01. The van der Waals surface area contributed by atoms with E-state index in [-0.39, 0.29) is 12.0 Å². The summed E-state index contributed by atoms with van der Waals surface area (Å²) in [6, 6.07) is 8.38. The first-order chi connectivity index (χ1) is 11.7. The molecule has 1 atom stereocenters. The lowest BCUT2D eigenvalue weighted by molar-refractivity contribution is -0.123. The smallest absolute Gasteiger partial charge is 0.234 e. The van der Waals surface area contributed by atoms with Crippen molar-refractivity contribution in [2.45, 2.75) is 37.7 Å². The Kier molecular flexibility index (Phi) is 6.10. The molecule has 2 aliphatic rings. The monoisotopic (exact) mass is 332 g/mol. The summed E-state index contributed by atoms with van der Waals surface area (Å²) < 4.78 is 10.8. The molecule has 5 nitrogen and oxygen atoms in total. The largest absolute Gasteiger partial charge is 0.497 e. The number of ether oxygens (including phenoxy) is 2. The van der Waals surface area contributed by atoms with E-state index in [0.29, 0.717) is 19.0 Å². The van der Waals surface area contributed by atoms with E-state index in [1.54, 1.807) is 7.11 Å². The summed E-state index contributed by atoms with van der Waals surface area (Å²) >= 11 is 0. The van der Waals surface area contributed by atoms with Crippen molar-refractivity contribution in [2.75, 3.05) is 39.9 Å². The normalized spacial score (nSPS) is 22.5. The average molecular weight is 332 g/mol. The minimum absolute atomic E-state index is 0.119. The van der Waals surface area contributed by atoms with Crippen molar-refractivity contribution in [3.8, 4) is 5.75 Å². The molecule has 2 heterocycles. The Balaban J connectivity index is 1.38. The molecule has 5 heteroatoms. The minimum Gasteiger partial charge on any atom is -0.497 e. The molecule has 3 rings (SSSR count). The predicted octanol–water partition coefficient (Wildman–Crippen LogP) is 2.17. The molecule has 132 valence electrons. The highest BCUT2D eigenvalue weighted by Gasteiger charge is 2.22. The number of carbonyl (C=O) groups is 1. The van der Waals surface area contributed by atoms with Crippen LogP contribution in [0.25, 0.3) is 0 Å². The van der Waals surface area contributed by atoms with E-state index >= 15 is 0 Å². The number of hydrogen-bond acceptors (Lipinski definition) is 4. The molecule has 0 saturated carbocycles. The molecular weight excluding hydrogens is 304 g/mol. The molecule has 2 aliphatic heterocycles. The number of benzene rings is 1. The van der Waals surface area contributed by atoms with E-state index in [1.165, 1.54) is 5.56 Å². The van der Waals surface area contributed by atoms with Crippen LogP contribution in [0.4, 0.5) is 0 Å². The zero-order chi connectivity index (χ0) is 16.8. The maximum atomic E-state index is 12.1. The third-order valence-electron chi connectivity index (χ3n) is 5.09. The summed E-state index contributed by atoms with van der Waals surface area (Å²) in [5.74, 6) is 1.61. The van der Waals surface area contributed by atoms with Crippen molar-refractivity contribution >= 4 is 5.91 Å². The van der Waals surface area contributed by atoms with E-state index in [0.717, 1.165) is 51.1 Å². The summed E-state index contributed by atoms with van der Waals surface area (Å²) in [6.45, 7) is 3.94. The number of nitrogens with zero attached hydrogens (tertiary/aromatic N) is 1. The van der Waals surface area contributed by atoms with Gasteiger partial charge >= 0.3 is 0 Å². The Morgan fingerprint density at radius 2 is 2.00 bits per heavy atom. The van der Waals surface area contributed by atoms with Gasteiger partial charge in [-0.2, -0.15) is 0 Å². The molecule has 0 aromatic heterocycles.